The molecule has 2 N–H and O–H groups in total. The number of furan rings is 1. The average molecular weight is 272 g/mol. The first-order valence-electron chi connectivity index (χ1n) is 6.69. The molecule has 0 aliphatic rings. The molecule has 0 aliphatic carbocycles. The molecule has 1 amide bonds. The molecule has 0 saturated heterocycles. The fourth-order valence-corrected chi connectivity index (χ4v) is 2.34. The summed E-state index contributed by atoms with van der Waals surface area (Å²) in [6.45, 7) is 8.15. The van der Waals surface area contributed by atoms with Crippen LogP contribution in [0.5, 0.6) is 0 Å². The second-order valence-electron chi connectivity index (χ2n) is 4.86. The molecule has 0 spiro atoms. The van der Waals surface area contributed by atoms with Crippen LogP contribution in [0.25, 0.3) is 0 Å². The summed E-state index contributed by atoms with van der Waals surface area (Å²) in [4.78, 5) is 14.5. The monoisotopic (exact) mass is 272 g/mol. The third-order valence-electron chi connectivity index (χ3n) is 3.54. The molecule has 0 atom stereocenters. The molecule has 2 aromatic rings. The predicted octanol–water partition coefficient (Wildman–Crippen LogP) is 3.45. The highest BCUT2D eigenvalue weighted by Gasteiger charge is 2.23. The van der Waals surface area contributed by atoms with Gasteiger partial charge in [-0.2, -0.15) is 0 Å². The van der Waals surface area contributed by atoms with E-state index in [1.807, 2.05) is 39.8 Å². The first-order valence-corrected chi connectivity index (χ1v) is 6.69. The molecule has 0 bridgehead atoms. The van der Waals surface area contributed by atoms with Crippen LogP contribution < -0.4 is 10.6 Å². The number of hydrogen-bond acceptors (Lipinski definition) is 3. The Balaban J connectivity index is 2.41. The Labute approximate surface area is 119 Å². The van der Waals surface area contributed by atoms with Crippen LogP contribution >= 0.6 is 0 Å². The van der Waals surface area contributed by atoms with Gasteiger partial charge in [-0.3, -0.25) is 4.79 Å². The van der Waals surface area contributed by atoms with Crippen molar-refractivity contribution in [2.75, 3.05) is 17.2 Å². The summed E-state index contributed by atoms with van der Waals surface area (Å²) >= 11 is 0. The molecule has 4 nitrogen and oxygen atoms in total. The summed E-state index contributed by atoms with van der Waals surface area (Å²) in [5.74, 6) is 1.42. The number of nitrogen functional groups attached to an aromatic ring is 1. The number of anilines is 2. The standard InChI is InChI=1S/C16H20N2O2/c1-5-18(14-8-6-13(17)7-9-14)16(19)15-10(2)11(3)20-12(15)4/h6-9H,5,17H2,1-4H3. The molecular formula is C16H20N2O2. The van der Waals surface area contributed by atoms with E-state index in [4.69, 9.17) is 10.2 Å². The molecule has 106 valence electrons. The zero-order chi connectivity index (χ0) is 14.9. The van der Waals surface area contributed by atoms with Gasteiger partial charge < -0.3 is 15.1 Å². The van der Waals surface area contributed by atoms with Gasteiger partial charge in [0.25, 0.3) is 5.91 Å². The van der Waals surface area contributed by atoms with Crippen molar-refractivity contribution >= 4 is 17.3 Å². The Kier molecular flexibility index (Phi) is 3.84. The largest absolute Gasteiger partial charge is 0.466 e. The normalized spacial score (nSPS) is 10.6. The first-order chi connectivity index (χ1) is 9.45. The zero-order valence-electron chi connectivity index (χ0n) is 12.4. The second-order valence-corrected chi connectivity index (χ2v) is 4.86. The molecule has 0 saturated carbocycles. The van der Waals surface area contributed by atoms with Gasteiger partial charge in [0, 0.05) is 23.5 Å². The molecule has 4 heteroatoms. The summed E-state index contributed by atoms with van der Waals surface area (Å²) in [7, 11) is 0. The minimum Gasteiger partial charge on any atom is -0.466 e. The van der Waals surface area contributed by atoms with Crippen LogP contribution in [-0.4, -0.2) is 12.5 Å². The lowest BCUT2D eigenvalue weighted by Gasteiger charge is -2.21. The maximum atomic E-state index is 12.8. The van der Waals surface area contributed by atoms with E-state index in [1.165, 1.54) is 0 Å². The van der Waals surface area contributed by atoms with Crippen molar-refractivity contribution < 1.29 is 9.21 Å². The van der Waals surface area contributed by atoms with Crippen LogP contribution in [0, 0.1) is 20.8 Å². The summed E-state index contributed by atoms with van der Waals surface area (Å²) < 4.78 is 5.55. The van der Waals surface area contributed by atoms with Crippen molar-refractivity contribution in [1.29, 1.82) is 0 Å². The highest BCUT2D eigenvalue weighted by molar-refractivity contribution is 6.07. The lowest BCUT2D eigenvalue weighted by atomic mass is 10.1. The summed E-state index contributed by atoms with van der Waals surface area (Å²) in [5, 5.41) is 0. The number of carbonyl (C=O) groups is 1. The van der Waals surface area contributed by atoms with Crippen LogP contribution in [-0.2, 0) is 0 Å². The van der Waals surface area contributed by atoms with Crippen LogP contribution in [0.15, 0.2) is 28.7 Å². The lowest BCUT2D eigenvalue weighted by Crippen LogP contribution is -2.31. The maximum Gasteiger partial charge on any atom is 0.262 e. The first kappa shape index (κ1) is 14.2. The van der Waals surface area contributed by atoms with Gasteiger partial charge in [0.1, 0.15) is 11.5 Å². The maximum absolute atomic E-state index is 12.8. The second kappa shape index (κ2) is 5.41. The van der Waals surface area contributed by atoms with Crippen LogP contribution in [0.4, 0.5) is 11.4 Å². The number of amides is 1. The highest BCUT2D eigenvalue weighted by Crippen LogP contribution is 2.25. The van der Waals surface area contributed by atoms with Crippen molar-refractivity contribution in [2.45, 2.75) is 27.7 Å². The van der Waals surface area contributed by atoms with Gasteiger partial charge in [-0.05, 0) is 52.0 Å². The quantitative estimate of drug-likeness (QED) is 0.870. The smallest absolute Gasteiger partial charge is 0.262 e. The Morgan fingerprint density at radius 3 is 2.20 bits per heavy atom. The van der Waals surface area contributed by atoms with E-state index >= 15 is 0 Å². The summed E-state index contributed by atoms with van der Waals surface area (Å²) in [6, 6.07) is 7.31. The van der Waals surface area contributed by atoms with Gasteiger partial charge in [0.15, 0.2) is 0 Å². The molecule has 1 aromatic heterocycles. The van der Waals surface area contributed by atoms with E-state index in [0.29, 0.717) is 23.6 Å². The Morgan fingerprint density at radius 2 is 1.75 bits per heavy atom. The summed E-state index contributed by atoms with van der Waals surface area (Å²) in [6.07, 6.45) is 0. The zero-order valence-corrected chi connectivity index (χ0v) is 12.4. The number of nitrogens with zero attached hydrogens (tertiary/aromatic N) is 1. The van der Waals surface area contributed by atoms with Gasteiger partial charge in [-0.1, -0.05) is 0 Å². The molecule has 2 rings (SSSR count). The SMILES string of the molecule is CCN(C(=O)c1c(C)oc(C)c1C)c1ccc(N)cc1. The van der Waals surface area contributed by atoms with Gasteiger partial charge in [-0.15, -0.1) is 0 Å². The van der Waals surface area contributed by atoms with Crippen molar-refractivity contribution in [2.24, 2.45) is 0 Å². The van der Waals surface area contributed by atoms with E-state index in [-0.39, 0.29) is 5.91 Å². The molecule has 1 aromatic carbocycles. The molecule has 0 aliphatic heterocycles. The van der Waals surface area contributed by atoms with Crippen molar-refractivity contribution in [3.05, 3.63) is 46.9 Å². The van der Waals surface area contributed by atoms with Crippen LogP contribution in [0.1, 0.15) is 34.4 Å². The van der Waals surface area contributed by atoms with Gasteiger partial charge in [0.05, 0.1) is 5.56 Å². The minimum atomic E-state index is -0.0379. The number of nitrogens with two attached hydrogens (primary N) is 1. The van der Waals surface area contributed by atoms with Crippen LogP contribution in [0.2, 0.25) is 0 Å². The topological polar surface area (TPSA) is 59.5 Å². The number of hydrogen-bond donors (Lipinski definition) is 1. The van der Waals surface area contributed by atoms with E-state index in [2.05, 4.69) is 0 Å². The Bertz CT molecular complexity index is 627. The van der Waals surface area contributed by atoms with E-state index in [0.717, 1.165) is 17.0 Å². The minimum absolute atomic E-state index is 0.0379. The third-order valence-corrected chi connectivity index (χ3v) is 3.54. The number of carbonyl (C=O) groups excluding carboxylic acids is 1. The van der Waals surface area contributed by atoms with E-state index < -0.39 is 0 Å². The molecule has 0 unspecified atom stereocenters. The van der Waals surface area contributed by atoms with E-state index in [9.17, 15) is 4.79 Å². The number of rotatable bonds is 3. The number of aryl methyl sites for hydroxylation is 2. The molecular weight excluding hydrogens is 252 g/mol. The molecule has 0 radical (unpaired) electrons. The van der Waals surface area contributed by atoms with Crippen LogP contribution in [0.3, 0.4) is 0 Å². The molecule has 0 fully saturated rings. The van der Waals surface area contributed by atoms with Gasteiger partial charge >= 0.3 is 0 Å². The van der Waals surface area contributed by atoms with Gasteiger partial charge in [-0.25, -0.2) is 0 Å². The highest BCUT2D eigenvalue weighted by atomic mass is 16.3. The fourth-order valence-electron chi connectivity index (χ4n) is 2.34. The summed E-state index contributed by atoms with van der Waals surface area (Å²) in [5.41, 5.74) is 8.77. The van der Waals surface area contributed by atoms with E-state index in [1.54, 1.807) is 17.0 Å². The fraction of sp³-hybridized carbons (Fsp3) is 0.312. The Morgan fingerprint density at radius 1 is 1.15 bits per heavy atom. The van der Waals surface area contributed by atoms with Gasteiger partial charge in [0.2, 0.25) is 0 Å². The average Bonchev–Trinajstić information content (AvgIpc) is 2.66. The number of benzene rings is 1. The Hall–Kier alpha value is -2.23. The molecule has 1 heterocycles. The predicted molar refractivity (Wildman–Crippen MR) is 81.1 cm³/mol. The van der Waals surface area contributed by atoms with Crippen molar-refractivity contribution in [3.63, 3.8) is 0 Å². The van der Waals surface area contributed by atoms with Crippen molar-refractivity contribution in [3.8, 4) is 0 Å². The van der Waals surface area contributed by atoms with Crippen molar-refractivity contribution in [1.82, 2.24) is 0 Å². The molecule has 20 heavy (non-hydrogen) atoms. The third kappa shape index (κ3) is 2.41. The lowest BCUT2D eigenvalue weighted by molar-refractivity contribution is 0.0986.